The zero-order chi connectivity index (χ0) is 22.1. The Kier molecular flexibility index (Phi) is 7.65. The number of methoxy groups -OCH3 is 1. The van der Waals surface area contributed by atoms with Crippen molar-refractivity contribution < 1.29 is 19.1 Å². The maximum Gasteiger partial charge on any atom is 0.251 e. The summed E-state index contributed by atoms with van der Waals surface area (Å²) in [6.07, 6.45) is 0. The SMILES string of the molecule is COc1cc(CNC(=O)c2ccc(CNC(C)=O)cc2)ccc1OCc1ccccc1. The van der Waals surface area contributed by atoms with Crippen LogP contribution < -0.4 is 20.1 Å². The number of hydrogen-bond acceptors (Lipinski definition) is 4. The molecule has 0 aromatic heterocycles. The maximum absolute atomic E-state index is 12.4. The number of nitrogens with one attached hydrogen (secondary N) is 2. The summed E-state index contributed by atoms with van der Waals surface area (Å²) in [5.74, 6) is 1.00. The highest BCUT2D eigenvalue weighted by molar-refractivity contribution is 5.94. The van der Waals surface area contributed by atoms with Crippen LogP contribution in [0.1, 0.15) is 34.0 Å². The minimum Gasteiger partial charge on any atom is -0.493 e. The summed E-state index contributed by atoms with van der Waals surface area (Å²) < 4.78 is 11.3. The molecule has 160 valence electrons. The van der Waals surface area contributed by atoms with Crippen LogP contribution in [-0.4, -0.2) is 18.9 Å². The predicted molar refractivity (Wildman–Crippen MR) is 119 cm³/mol. The Morgan fingerprint density at radius 3 is 2.13 bits per heavy atom. The number of carbonyl (C=O) groups excluding carboxylic acids is 2. The van der Waals surface area contributed by atoms with Gasteiger partial charge in [0.05, 0.1) is 7.11 Å². The van der Waals surface area contributed by atoms with E-state index in [1.807, 2.05) is 60.7 Å². The molecule has 3 aromatic carbocycles. The molecule has 0 atom stereocenters. The lowest BCUT2D eigenvalue weighted by atomic mass is 10.1. The second-order valence-electron chi connectivity index (χ2n) is 7.05. The van der Waals surface area contributed by atoms with E-state index >= 15 is 0 Å². The monoisotopic (exact) mass is 418 g/mol. The number of hydrogen-bond donors (Lipinski definition) is 2. The van der Waals surface area contributed by atoms with Gasteiger partial charge in [0, 0.05) is 25.6 Å². The number of ether oxygens (including phenoxy) is 2. The van der Waals surface area contributed by atoms with Gasteiger partial charge < -0.3 is 20.1 Å². The Hall–Kier alpha value is -3.80. The molecule has 0 fully saturated rings. The van der Waals surface area contributed by atoms with Gasteiger partial charge in [-0.15, -0.1) is 0 Å². The summed E-state index contributed by atoms with van der Waals surface area (Å²) in [4.78, 5) is 23.4. The summed E-state index contributed by atoms with van der Waals surface area (Å²) in [6, 6.07) is 22.7. The van der Waals surface area contributed by atoms with Gasteiger partial charge in [-0.1, -0.05) is 48.5 Å². The summed E-state index contributed by atoms with van der Waals surface area (Å²) in [6.45, 7) is 2.72. The van der Waals surface area contributed by atoms with Gasteiger partial charge in [-0.3, -0.25) is 9.59 Å². The van der Waals surface area contributed by atoms with E-state index in [0.717, 1.165) is 16.7 Å². The van der Waals surface area contributed by atoms with E-state index in [9.17, 15) is 9.59 Å². The molecule has 0 saturated carbocycles. The lowest BCUT2D eigenvalue weighted by Crippen LogP contribution is -2.23. The molecular weight excluding hydrogens is 392 g/mol. The fourth-order valence-corrected chi connectivity index (χ4v) is 2.96. The lowest BCUT2D eigenvalue weighted by molar-refractivity contribution is -0.119. The molecule has 31 heavy (non-hydrogen) atoms. The van der Waals surface area contributed by atoms with E-state index in [2.05, 4.69) is 10.6 Å². The molecule has 6 heteroatoms. The number of rotatable bonds is 9. The molecule has 0 heterocycles. The van der Waals surface area contributed by atoms with Crippen LogP contribution in [0.15, 0.2) is 72.8 Å². The number of amides is 2. The van der Waals surface area contributed by atoms with E-state index in [1.54, 1.807) is 19.2 Å². The van der Waals surface area contributed by atoms with Crippen LogP contribution in [0.2, 0.25) is 0 Å². The fourth-order valence-electron chi connectivity index (χ4n) is 2.96. The zero-order valence-corrected chi connectivity index (χ0v) is 17.7. The molecule has 0 spiro atoms. The Morgan fingerprint density at radius 1 is 0.774 bits per heavy atom. The van der Waals surface area contributed by atoms with E-state index in [4.69, 9.17) is 9.47 Å². The second kappa shape index (κ2) is 10.8. The summed E-state index contributed by atoms with van der Waals surface area (Å²) in [7, 11) is 1.59. The Bertz CT molecular complexity index is 1020. The molecule has 2 amide bonds. The van der Waals surface area contributed by atoms with Crippen molar-refractivity contribution in [3.8, 4) is 11.5 Å². The molecule has 0 aliphatic carbocycles. The highest BCUT2D eigenvalue weighted by Gasteiger charge is 2.09. The van der Waals surface area contributed by atoms with Crippen molar-refractivity contribution in [1.82, 2.24) is 10.6 Å². The van der Waals surface area contributed by atoms with Gasteiger partial charge in [0.15, 0.2) is 11.5 Å². The van der Waals surface area contributed by atoms with Crippen LogP contribution in [0.25, 0.3) is 0 Å². The van der Waals surface area contributed by atoms with Crippen LogP contribution >= 0.6 is 0 Å². The van der Waals surface area contributed by atoms with Crippen LogP contribution in [0, 0.1) is 0 Å². The molecule has 0 saturated heterocycles. The van der Waals surface area contributed by atoms with E-state index in [1.165, 1.54) is 6.92 Å². The standard InChI is InChI=1S/C25H26N2O4/c1-18(28)26-15-19-8-11-22(12-9-19)25(29)27-16-21-10-13-23(24(14-21)30-2)31-17-20-6-4-3-5-7-20/h3-14H,15-17H2,1-2H3,(H,26,28)(H,27,29). The average Bonchev–Trinajstić information content (AvgIpc) is 2.81. The molecule has 3 aromatic rings. The van der Waals surface area contributed by atoms with Crippen molar-refractivity contribution in [2.24, 2.45) is 0 Å². The van der Waals surface area contributed by atoms with Crippen molar-refractivity contribution in [1.29, 1.82) is 0 Å². The van der Waals surface area contributed by atoms with Crippen molar-refractivity contribution in [3.05, 3.63) is 95.1 Å². The number of carbonyl (C=O) groups is 2. The van der Waals surface area contributed by atoms with E-state index < -0.39 is 0 Å². The van der Waals surface area contributed by atoms with Crippen LogP contribution in [0.3, 0.4) is 0 Å². The van der Waals surface area contributed by atoms with E-state index in [-0.39, 0.29) is 11.8 Å². The van der Waals surface area contributed by atoms with Crippen molar-refractivity contribution >= 4 is 11.8 Å². The first kappa shape index (κ1) is 21.9. The number of benzene rings is 3. The topological polar surface area (TPSA) is 76.7 Å². The first-order valence-corrected chi connectivity index (χ1v) is 10.0. The summed E-state index contributed by atoms with van der Waals surface area (Å²) >= 11 is 0. The van der Waals surface area contributed by atoms with Gasteiger partial charge >= 0.3 is 0 Å². The highest BCUT2D eigenvalue weighted by Crippen LogP contribution is 2.28. The minimum atomic E-state index is -0.172. The largest absolute Gasteiger partial charge is 0.493 e. The third-order valence-electron chi connectivity index (χ3n) is 4.68. The van der Waals surface area contributed by atoms with Gasteiger partial charge in [0.1, 0.15) is 6.61 Å². The molecule has 0 unspecified atom stereocenters. The van der Waals surface area contributed by atoms with Crippen LogP contribution in [0.4, 0.5) is 0 Å². The summed E-state index contributed by atoms with van der Waals surface area (Å²) in [5, 5.41) is 5.64. The van der Waals surface area contributed by atoms with Gasteiger partial charge in [0.2, 0.25) is 5.91 Å². The molecular formula is C25H26N2O4. The first-order chi connectivity index (χ1) is 15.0. The molecule has 0 aliphatic rings. The van der Waals surface area contributed by atoms with E-state index in [0.29, 0.717) is 36.8 Å². The molecule has 3 rings (SSSR count). The predicted octanol–water partition coefficient (Wildman–Crippen LogP) is 3.84. The molecule has 0 aliphatic heterocycles. The molecule has 0 radical (unpaired) electrons. The first-order valence-electron chi connectivity index (χ1n) is 10.0. The Morgan fingerprint density at radius 2 is 1.45 bits per heavy atom. The van der Waals surface area contributed by atoms with Crippen molar-refractivity contribution in [3.63, 3.8) is 0 Å². The van der Waals surface area contributed by atoms with Crippen LogP contribution in [0.5, 0.6) is 11.5 Å². The quantitative estimate of drug-likeness (QED) is 0.554. The van der Waals surface area contributed by atoms with Gasteiger partial charge in [-0.05, 0) is 41.0 Å². The summed E-state index contributed by atoms with van der Waals surface area (Å²) in [5.41, 5.74) is 3.47. The third-order valence-corrected chi connectivity index (χ3v) is 4.68. The van der Waals surface area contributed by atoms with Crippen molar-refractivity contribution in [2.75, 3.05) is 7.11 Å². The maximum atomic E-state index is 12.4. The molecule has 6 nitrogen and oxygen atoms in total. The van der Waals surface area contributed by atoms with Crippen LogP contribution in [-0.2, 0) is 24.5 Å². The minimum absolute atomic E-state index is 0.0891. The smallest absolute Gasteiger partial charge is 0.251 e. The normalized spacial score (nSPS) is 10.3. The van der Waals surface area contributed by atoms with Crippen molar-refractivity contribution in [2.45, 2.75) is 26.6 Å². The third kappa shape index (κ3) is 6.60. The molecule has 0 bridgehead atoms. The Labute approximate surface area is 182 Å². The second-order valence-corrected chi connectivity index (χ2v) is 7.05. The van der Waals surface area contributed by atoms with Gasteiger partial charge in [-0.2, -0.15) is 0 Å². The average molecular weight is 418 g/mol. The van der Waals surface area contributed by atoms with Gasteiger partial charge in [-0.25, -0.2) is 0 Å². The highest BCUT2D eigenvalue weighted by atomic mass is 16.5. The molecule has 2 N–H and O–H groups in total. The zero-order valence-electron chi connectivity index (χ0n) is 17.7. The fraction of sp³-hybridized carbons (Fsp3) is 0.200. The lowest BCUT2D eigenvalue weighted by Gasteiger charge is -2.13. The Balaban J connectivity index is 1.55. The van der Waals surface area contributed by atoms with Gasteiger partial charge in [0.25, 0.3) is 5.91 Å².